The standard InChI is InChI=1S/C19H23ClO2/c1-10-11(2)17(12-5-13(21)7-14(22)6-12)18(20)16-9-19(3,4)8-15(10)16/h12H,5-9H2,1-4H3. The fourth-order valence-electron chi connectivity index (χ4n) is 4.23. The molecular weight excluding hydrogens is 296 g/mol. The van der Waals surface area contributed by atoms with E-state index in [0.29, 0.717) is 12.8 Å². The molecule has 1 saturated carbocycles. The van der Waals surface area contributed by atoms with Crippen LogP contribution >= 0.6 is 11.6 Å². The van der Waals surface area contributed by atoms with Crippen LogP contribution in [0.1, 0.15) is 66.8 Å². The Morgan fingerprint density at radius 3 is 2.09 bits per heavy atom. The Bertz CT molecular complexity index is 669. The van der Waals surface area contributed by atoms with Gasteiger partial charge in [0.25, 0.3) is 0 Å². The van der Waals surface area contributed by atoms with E-state index < -0.39 is 0 Å². The summed E-state index contributed by atoms with van der Waals surface area (Å²) in [6.07, 6.45) is 3.04. The molecule has 1 aromatic rings. The molecule has 3 heteroatoms. The SMILES string of the molecule is Cc1c(C)c(C2CC(=O)CC(=O)C2)c(Cl)c2c1CC(C)(C)C2. The van der Waals surface area contributed by atoms with Gasteiger partial charge in [-0.15, -0.1) is 0 Å². The number of halogens is 1. The average molecular weight is 319 g/mol. The van der Waals surface area contributed by atoms with Gasteiger partial charge < -0.3 is 0 Å². The third-order valence-corrected chi connectivity index (χ3v) is 5.78. The lowest BCUT2D eigenvalue weighted by Gasteiger charge is -2.26. The molecule has 2 aliphatic carbocycles. The van der Waals surface area contributed by atoms with Gasteiger partial charge in [0.05, 0.1) is 6.42 Å². The lowest BCUT2D eigenvalue weighted by molar-refractivity contribution is -0.130. The first-order valence-corrected chi connectivity index (χ1v) is 8.41. The predicted molar refractivity (Wildman–Crippen MR) is 88.7 cm³/mol. The minimum atomic E-state index is -0.0334. The fourth-order valence-corrected chi connectivity index (χ4v) is 4.71. The molecule has 1 aromatic carbocycles. The van der Waals surface area contributed by atoms with Crippen LogP contribution in [0.3, 0.4) is 0 Å². The zero-order valence-corrected chi connectivity index (χ0v) is 14.6. The first-order chi connectivity index (χ1) is 10.2. The Kier molecular flexibility index (Phi) is 3.71. The van der Waals surface area contributed by atoms with Crippen LogP contribution in [0.4, 0.5) is 0 Å². The summed E-state index contributed by atoms with van der Waals surface area (Å²) < 4.78 is 0. The Labute approximate surface area is 137 Å². The van der Waals surface area contributed by atoms with Gasteiger partial charge in [0.2, 0.25) is 0 Å². The van der Waals surface area contributed by atoms with Crippen molar-refractivity contribution in [2.24, 2.45) is 5.41 Å². The van der Waals surface area contributed by atoms with Crippen LogP contribution < -0.4 is 0 Å². The van der Waals surface area contributed by atoms with E-state index in [1.54, 1.807) is 0 Å². The Morgan fingerprint density at radius 1 is 0.955 bits per heavy atom. The summed E-state index contributed by atoms with van der Waals surface area (Å²) >= 11 is 6.76. The average Bonchev–Trinajstić information content (AvgIpc) is 2.72. The molecule has 0 radical (unpaired) electrons. The highest BCUT2D eigenvalue weighted by atomic mass is 35.5. The smallest absolute Gasteiger partial charge is 0.140 e. The fraction of sp³-hybridized carbons (Fsp3) is 0.579. The van der Waals surface area contributed by atoms with Gasteiger partial charge >= 0.3 is 0 Å². The summed E-state index contributed by atoms with van der Waals surface area (Å²) in [4.78, 5) is 23.7. The van der Waals surface area contributed by atoms with Crippen LogP contribution in [-0.4, -0.2) is 11.6 Å². The second-order valence-corrected chi connectivity index (χ2v) is 8.19. The molecule has 0 aromatic heterocycles. The quantitative estimate of drug-likeness (QED) is 0.715. The number of benzene rings is 1. The highest BCUT2D eigenvalue weighted by Gasteiger charge is 2.36. The molecule has 0 amide bonds. The van der Waals surface area contributed by atoms with Gasteiger partial charge in [0.1, 0.15) is 11.6 Å². The molecule has 0 N–H and O–H groups in total. The van der Waals surface area contributed by atoms with Gasteiger partial charge in [0.15, 0.2) is 0 Å². The van der Waals surface area contributed by atoms with E-state index >= 15 is 0 Å². The van der Waals surface area contributed by atoms with E-state index in [4.69, 9.17) is 11.6 Å². The highest BCUT2D eigenvalue weighted by Crippen LogP contribution is 2.47. The number of Topliss-reactive ketones (excluding diaryl/α,β-unsaturated/α-hetero) is 2. The van der Waals surface area contributed by atoms with Crippen LogP contribution in [0.2, 0.25) is 5.02 Å². The minimum absolute atomic E-state index is 0.0334. The summed E-state index contributed by atoms with van der Waals surface area (Å²) in [7, 11) is 0. The van der Waals surface area contributed by atoms with Crippen LogP contribution in [0.25, 0.3) is 0 Å². The molecule has 0 heterocycles. The molecule has 0 atom stereocenters. The molecule has 0 spiro atoms. The number of carbonyl (C=O) groups is 2. The van der Waals surface area contributed by atoms with Crippen molar-refractivity contribution in [1.82, 2.24) is 0 Å². The third kappa shape index (κ3) is 2.52. The van der Waals surface area contributed by atoms with Crippen LogP contribution in [-0.2, 0) is 22.4 Å². The van der Waals surface area contributed by atoms with E-state index in [-0.39, 0.29) is 29.3 Å². The second kappa shape index (κ2) is 5.19. The van der Waals surface area contributed by atoms with Crippen LogP contribution in [0, 0.1) is 19.3 Å². The number of rotatable bonds is 1. The number of fused-ring (bicyclic) bond motifs is 1. The molecule has 22 heavy (non-hydrogen) atoms. The predicted octanol–water partition coefficient (Wildman–Crippen LogP) is 4.49. The van der Waals surface area contributed by atoms with Crippen LogP contribution in [0.15, 0.2) is 0 Å². The zero-order valence-electron chi connectivity index (χ0n) is 13.8. The largest absolute Gasteiger partial charge is 0.299 e. The maximum absolute atomic E-state index is 11.8. The summed E-state index contributed by atoms with van der Waals surface area (Å²) in [5.41, 5.74) is 6.39. The summed E-state index contributed by atoms with van der Waals surface area (Å²) in [6, 6.07) is 0. The molecule has 118 valence electrons. The first kappa shape index (κ1) is 15.7. The van der Waals surface area contributed by atoms with E-state index in [0.717, 1.165) is 23.4 Å². The first-order valence-electron chi connectivity index (χ1n) is 8.03. The van der Waals surface area contributed by atoms with Gasteiger partial charge in [-0.1, -0.05) is 25.4 Å². The molecule has 2 aliphatic rings. The van der Waals surface area contributed by atoms with Crippen LogP contribution in [0.5, 0.6) is 0 Å². The number of carbonyl (C=O) groups excluding carboxylic acids is 2. The van der Waals surface area contributed by atoms with E-state index in [1.165, 1.54) is 22.3 Å². The van der Waals surface area contributed by atoms with E-state index in [9.17, 15) is 9.59 Å². The highest BCUT2D eigenvalue weighted by molar-refractivity contribution is 6.32. The molecule has 0 unspecified atom stereocenters. The van der Waals surface area contributed by atoms with Gasteiger partial charge in [0, 0.05) is 17.9 Å². The summed E-state index contributed by atoms with van der Waals surface area (Å²) in [5.74, 6) is 0.0689. The van der Waals surface area contributed by atoms with Gasteiger partial charge in [-0.25, -0.2) is 0 Å². The Balaban J connectivity index is 2.12. The monoisotopic (exact) mass is 318 g/mol. The van der Waals surface area contributed by atoms with E-state index in [1.807, 2.05) is 0 Å². The maximum atomic E-state index is 11.8. The van der Waals surface area contributed by atoms with Gasteiger partial charge in [-0.2, -0.15) is 0 Å². The molecule has 0 bridgehead atoms. The normalized spacial score (nSPS) is 21.3. The maximum Gasteiger partial charge on any atom is 0.140 e. The molecule has 0 saturated heterocycles. The third-order valence-electron chi connectivity index (χ3n) is 5.35. The van der Waals surface area contributed by atoms with Crippen molar-refractivity contribution < 1.29 is 9.59 Å². The summed E-state index contributed by atoms with van der Waals surface area (Å²) in [6.45, 7) is 8.78. The van der Waals surface area contributed by atoms with E-state index in [2.05, 4.69) is 27.7 Å². The second-order valence-electron chi connectivity index (χ2n) is 7.81. The summed E-state index contributed by atoms with van der Waals surface area (Å²) in [5, 5.41) is 0.816. The van der Waals surface area contributed by atoms with Gasteiger partial charge in [-0.3, -0.25) is 9.59 Å². The zero-order chi connectivity index (χ0) is 16.2. The molecule has 3 rings (SSSR count). The van der Waals surface area contributed by atoms with Crippen molar-refractivity contribution in [2.75, 3.05) is 0 Å². The lowest BCUT2D eigenvalue weighted by atomic mass is 9.78. The number of hydrogen-bond donors (Lipinski definition) is 0. The molecule has 0 aliphatic heterocycles. The molecule has 2 nitrogen and oxygen atoms in total. The van der Waals surface area contributed by atoms with Crippen molar-refractivity contribution in [3.8, 4) is 0 Å². The number of hydrogen-bond acceptors (Lipinski definition) is 2. The lowest BCUT2D eigenvalue weighted by Crippen LogP contribution is -2.22. The molecular formula is C19H23ClO2. The van der Waals surface area contributed by atoms with Crippen molar-refractivity contribution in [1.29, 1.82) is 0 Å². The minimum Gasteiger partial charge on any atom is -0.299 e. The molecule has 1 fully saturated rings. The van der Waals surface area contributed by atoms with Crippen molar-refractivity contribution in [3.05, 3.63) is 32.8 Å². The van der Waals surface area contributed by atoms with Crippen molar-refractivity contribution in [2.45, 2.75) is 65.7 Å². The topological polar surface area (TPSA) is 34.1 Å². The van der Waals surface area contributed by atoms with Crippen molar-refractivity contribution >= 4 is 23.2 Å². The number of ketones is 2. The van der Waals surface area contributed by atoms with Gasteiger partial charge in [-0.05, 0) is 65.8 Å². The van der Waals surface area contributed by atoms with Crippen molar-refractivity contribution in [3.63, 3.8) is 0 Å². The Hall–Kier alpha value is -1.15. The Morgan fingerprint density at radius 2 is 1.50 bits per heavy atom.